The summed E-state index contributed by atoms with van der Waals surface area (Å²) in [5, 5.41) is 0. The largest absolute Gasteiger partial charge is 0.299 e. The van der Waals surface area contributed by atoms with Crippen LogP contribution < -0.4 is 0 Å². The summed E-state index contributed by atoms with van der Waals surface area (Å²) in [6, 6.07) is -0.235. The summed E-state index contributed by atoms with van der Waals surface area (Å²) in [7, 11) is -3.65. The van der Waals surface area contributed by atoms with Gasteiger partial charge in [-0.05, 0) is 34.6 Å². The van der Waals surface area contributed by atoms with Gasteiger partial charge >= 0.3 is 0 Å². The molecule has 17 heavy (non-hydrogen) atoms. The molecule has 0 rings (SSSR count). The smallest absolute Gasteiger partial charge is 0.258 e. The fraction of sp³-hybridized carbons (Fsp3) is 1.00. The number of halogens is 5. The molecule has 0 aliphatic carbocycles. The highest BCUT2D eigenvalue weighted by molar-refractivity contribution is 7.74. The lowest BCUT2D eigenvalue weighted by Gasteiger charge is -2.45. The normalized spacial score (nSPS) is 17.9. The van der Waals surface area contributed by atoms with Gasteiger partial charge in [0.25, 0.3) is 3.53 Å². The Morgan fingerprint density at radius 3 is 1.29 bits per heavy atom. The van der Waals surface area contributed by atoms with Crippen LogP contribution in [0.1, 0.15) is 34.6 Å². The van der Waals surface area contributed by atoms with E-state index in [1.165, 1.54) is 6.92 Å². The molecule has 0 aliphatic heterocycles. The Morgan fingerprint density at radius 2 is 1.24 bits per heavy atom. The Kier molecular flexibility index (Phi) is 6.53. The number of hydrogen-bond acceptors (Lipinski definition) is 1. The summed E-state index contributed by atoms with van der Waals surface area (Å²) < 4.78 is 11.0. The summed E-state index contributed by atoms with van der Waals surface area (Å²) in [6.07, 6.45) is 0. The third-order valence-corrected chi connectivity index (χ3v) is 9.02. The van der Waals surface area contributed by atoms with Crippen molar-refractivity contribution in [3.8, 4) is 0 Å². The van der Waals surface area contributed by atoms with Gasteiger partial charge in [-0.25, -0.2) is 4.67 Å². The fourth-order valence-electron chi connectivity index (χ4n) is 1.80. The Morgan fingerprint density at radius 1 is 0.941 bits per heavy atom. The van der Waals surface area contributed by atoms with E-state index in [9.17, 15) is 4.57 Å². The summed E-state index contributed by atoms with van der Waals surface area (Å²) in [5.41, 5.74) is 0. The molecule has 0 bridgehead atoms. The Hall–Kier alpha value is 1.64. The second kappa shape index (κ2) is 5.95. The van der Waals surface area contributed by atoms with Crippen molar-refractivity contribution in [3.05, 3.63) is 0 Å². The van der Waals surface area contributed by atoms with Crippen LogP contribution in [-0.2, 0) is 4.57 Å². The minimum atomic E-state index is -3.65. The van der Waals surface area contributed by atoms with Crippen molar-refractivity contribution in [1.82, 2.24) is 4.67 Å². The maximum Gasteiger partial charge on any atom is 0.258 e. The van der Waals surface area contributed by atoms with Crippen molar-refractivity contribution in [2.24, 2.45) is 0 Å². The van der Waals surface area contributed by atoms with Crippen LogP contribution in [0, 0.1) is 0 Å². The van der Waals surface area contributed by atoms with Gasteiger partial charge in [-0.15, -0.1) is 0 Å². The van der Waals surface area contributed by atoms with E-state index in [2.05, 4.69) is 0 Å². The maximum absolute atomic E-state index is 13.1. The zero-order valence-corrected chi connectivity index (χ0v) is 15.0. The van der Waals surface area contributed by atoms with Gasteiger partial charge in [-0.2, -0.15) is 0 Å². The van der Waals surface area contributed by atoms with E-state index in [-0.39, 0.29) is 12.1 Å². The molecule has 0 aliphatic rings. The second-order valence-corrected chi connectivity index (χ2v) is 12.9. The molecule has 1 atom stereocenters. The van der Waals surface area contributed by atoms with Gasteiger partial charge in [-0.3, -0.25) is 4.57 Å². The molecule has 0 saturated carbocycles. The summed E-state index contributed by atoms with van der Waals surface area (Å²) in [5.74, 6) is 0. The highest BCUT2D eigenvalue weighted by atomic mass is 35.6. The molecule has 0 fully saturated rings. The zero-order valence-electron chi connectivity index (χ0n) is 10.3. The first-order chi connectivity index (χ1) is 7.26. The molecule has 0 saturated heterocycles. The number of rotatable bonds is 4. The van der Waals surface area contributed by atoms with Crippen LogP contribution in [0.3, 0.4) is 0 Å². The number of hydrogen-bond donors (Lipinski definition) is 0. The Balaban J connectivity index is 5.89. The van der Waals surface area contributed by atoms with E-state index < -0.39 is 14.9 Å². The molecular formula is C9H17Cl5NOP. The monoisotopic (exact) mass is 361 g/mol. The SMILES string of the molecule is CC(C)N(C(C)C)[P@](=O)(C(C)(Cl)Cl)C(Cl)(Cl)Cl. The minimum absolute atomic E-state index is 0.117. The molecule has 0 unspecified atom stereocenters. The van der Waals surface area contributed by atoms with Crippen LogP contribution in [0.4, 0.5) is 0 Å². The van der Waals surface area contributed by atoms with Crippen molar-refractivity contribution >= 4 is 65.3 Å². The zero-order chi connectivity index (χ0) is 14.2. The van der Waals surface area contributed by atoms with Crippen LogP contribution in [-0.4, -0.2) is 24.4 Å². The van der Waals surface area contributed by atoms with Crippen LogP contribution in [0.5, 0.6) is 0 Å². The van der Waals surface area contributed by atoms with Gasteiger partial charge in [0, 0.05) is 12.1 Å². The molecule has 0 aromatic carbocycles. The van der Waals surface area contributed by atoms with Gasteiger partial charge < -0.3 is 0 Å². The molecule has 0 heterocycles. The predicted octanol–water partition coefficient (Wildman–Crippen LogP) is 5.86. The third-order valence-electron chi connectivity index (χ3n) is 2.26. The Bertz CT molecular complexity index is 281. The van der Waals surface area contributed by atoms with E-state index >= 15 is 0 Å². The van der Waals surface area contributed by atoms with Crippen LogP contribution in [0.15, 0.2) is 0 Å². The lowest BCUT2D eigenvalue weighted by atomic mass is 10.3. The van der Waals surface area contributed by atoms with E-state index in [4.69, 9.17) is 58.0 Å². The average molecular weight is 363 g/mol. The minimum Gasteiger partial charge on any atom is -0.299 e. The molecule has 0 amide bonds. The topological polar surface area (TPSA) is 20.3 Å². The standard InChI is InChI=1S/C9H17Cl5NOP/c1-6(2)15(7(3)4)17(16,8(5,10)11)9(12,13)14/h6-7H,1-5H3/t17-/m0/s1. The molecule has 2 nitrogen and oxygen atoms in total. The highest BCUT2D eigenvalue weighted by Crippen LogP contribution is 2.77. The highest BCUT2D eigenvalue weighted by Gasteiger charge is 2.60. The molecule has 0 aromatic rings. The average Bonchev–Trinajstić information content (AvgIpc) is 1.97. The predicted molar refractivity (Wildman–Crippen MR) is 80.1 cm³/mol. The van der Waals surface area contributed by atoms with E-state index in [1.54, 1.807) is 4.67 Å². The van der Waals surface area contributed by atoms with Gasteiger partial charge in [-0.1, -0.05) is 58.0 Å². The summed E-state index contributed by atoms with van der Waals surface area (Å²) in [4.78, 5) is 0. The van der Waals surface area contributed by atoms with Gasteiger partial charge in [0.1, 0.15) is 0 Å². The van der Waals surface area contributed by atoms with Crippen molar-refractivity contribution in [2.45, 2.75) is 54.3 Å². The van der Waals surface area contributed by atoms with Gasteiger partial charge in [0.15, 0.2) is 4.07 Å². The molecule has 8 heteroatoms. The first-order valence-electron chi connectivity index (χ1n) is 5.10. The maximum atomic E-state index is 13.1. The van der Waals surface area contributed by atoms with Gasteiger partial charge in [0.2, 0.25) is 7.29 Å². The van der Waals surface area contributed by atoms with E-state index in [0.29, 0.717) is 0 Å². The van der Waals surface area contributed by atoms with E-state index in [1.807, 2.05) is 27.7 Å². The van der Waals surface area contributed by atoms with Crippen LogP contribution in [0.2, 0.25) is 0 Å². The van der Waals surface area contributed by atoms with Crippen molar-refractivity contribution in [2.75, 3.05) is 0 Å². The van der Waals surface area contributed by atoms with Gasteiger partial charge in [0.05, 0.1) is 0 Å². The quantitative estimate of drug-likeness (QED) is 0.460. The van der Waals surface area contributed by atoms with Crippen molar-refractivity contribution in [1.29, 1.82) is 0 Å². The van der Waals surface area contributed by atoms with E-state index in [0.717, 1.165) is 0 Å². The number of alkyl halides is 5. The molecular weight excluding hydrogens is 346 g/mol. The molecule has 0 aromatic heterocycles. The lowest BCUT2D eigenvalue weighted by molar-refractivity contribution is 0.296. The van der Waals surface area contributed by atoms with Crippen LogP contribution >= 0.6 is 65.3 Å². The molecule has 0 radical (unpaired) electrons. The third kappa shape index (κ3) is 3.81. The van der Waals surface area contributed by atoms with Crippen molar-refractivity contribution in [3.63, 3.8) is 0 Å². The fourth-order valence-corrected chi connectivity index (χ4v) is 8.59. The Labute approximate surface area is 128 Å². The molecule has 0 N–H and O–H groups in total. The lowest BCUT2D eigenvalue weighted by Crippen LogP contribution is -2.42. The molecule has 104 valence electrons. The number of nitrogens with zero attached hydrogens (tertiary/aromatic N) is 1. The molecule has 0 spiro atoms. The summed E-state index contributed by atoms with van der Waals surface area (Å²) in [6.45, 7) is 8.78. The van der Waals surface area contributed by atoms with Crippen LogP contribution in [0.25, 0.3) is 0 Å². The first-order valence-corrected chi connectivity index (χ1v) is 8.65. The first kappa shape index (κ1) is 18.6. The van der Waals surface area contributed by atoms with Crippen molar-refractivity contribution < 1.29 is 4.57 Å². The summed E-state index contributed by atoms with van der Waals surface area (Å²) >= 11 is 29.6. The second-order valence-electron chi connectivity index (χ2n) is 4.45.